The molecule has 3 heterocycles. The predicted molar refractivity (Wildman–Crippen MR) is 176 cm³/mol. The van der Waals surface area contributed by atoms with E-state index in [2.05, 4.69) is 155 Å². The van der Waals surface area contributed by atoms with Gasteiger partial charge in [-0.1, -0.05) is 91.0 Å². The minimum absolute atomic E-state index is 1.02. The summed E-state index contributed by atoms with van der Waals surface area (Å²) in [6, 6.07) is 52.2. The van der Waals surface area contributed by atoms with Crippen LogP contribution in [0.1, 0.15) is 0 Å². The van der Waals surface area contributed by atoms with E-state index in [1.165, 1.54) is 49.4 Å². The third-order valence-corrected chi connectivity index (χ3v) is 8.54. The number of rotatable bonds is 3. The fourth-order valence-electron chi connectivity index (χ4n) is 6.68. The normalized spacial score (nSPS) is 11.8. The average Bonchev–Trinajstić information content (AvgIpc) is 3.58. The van der Waals surface area contributed by atoms with Crippen molar-refractivity contribution < 1.29 is 0 Å². The van der Waals surface area contributed by atoms with Crippen LogP contribution in [0.4, 0.5) is 0 Å². The fourth-order valence-corrected chi connectivity index (χ4v) is 6.68. The van der Waals surface area contributed by atoms with E-state index in [1.807, 2.05) is 6.20 Å². The van der Waals surface area contributed by atoms with E-state index in [-0.39, 0.29) is 0 Å². The molecule has 196 valence electrons. The van der Waals surface area contributed by atoms with Crippen LogP contribution in [-0.4, -0.2) is 14.1 Å². The molecule has 0 bridgehead atoms. The molecule has 0 aliphatic rings. The second kappa shape index (κ2) is 8.92. The Morgan fingerprint density at radius 1 is 0.429 bits per heavy atom. The van der Waals surface area contributed by atoms with Crippen LogP contribution in [0.2, 0.25) is 0 Å². The number of pyridine rings is 1. The van der Waals surface area contributed by atoms with Gasteiger partial charge in [0.1, 0.15) is 0 Å². The maximum atomic E-state index is 4.90. The molecule has 0 radical (unpaired) electrons. The number of aromatic nitrogens is 3. The van der Waals surface area contributed by atoms with Crippen molar-refractivity contribution in [3.63, 3.8) is 0 Å². The van der Waals surface area contributed by atoms with Gasteiger partial charge < -0.3 is 9.13 Å². The third kappa shape index (κ3) is 3.31. The first-order valence-electron chi connectivity index (χ1n) is 14.3. The number of hydrogen-bond acceptors (Lipinski definition) is 1. The first-order chi connectivity index (χ1) is 20.8. The number of benzene rings is 6. The van der Waals surface area contributed by atoms with Crippen LogP contribution in [0.25, 0.3) is 77.0 Å². The van der Waals surface area contributed by atoms with Gasteiger partial charge in [0.25, 0.3) is 0 Å². The SMILES string of the molecule is c1ccc(-n2c3ccccc3c3nccc(-c4ccc5c(c4)c4ccccc4n5-c4ccc5ccccc5c4)c32)cc1. The first kappa shape index (κ1) is 23.1. The highest BCUT2D eigenvalue weighted by Gasteiger charge is 2.19. The summed E-state index contributed by atoms with van der Waals surface area (Å²) in [6.07, 6.45) is 1.95. The molecule has 0 N–H and O–H groups in total. The molecule has 3 nitrogen and oxygen atoms in total. The zero-order valence-electron chi connectivity index (χ0n) is 22.8. The lowest BCUT2D eigenvalue weighted by Gasteiger charge is -2.12. The Kier molecular flexibility index (Phi) is 4.90. The van der Waals surface area contributed by atoms with E-state index in [9.17, 15) is 0 Å². The fraction of sp³-hybridized carbons (Fsp3) is 0. The molecule has 3 aromatic heterocycles. The Morgan fingerprint density at radius 2 is 1.12 bits per heavy atom. The molecule has 0 atom stereocenters. The molecule has 6 aromatic carbocycles. The minimum Gasteiger partial charge on any atom is -0.309 e. The summed E-state index contributed by atoms with van der Waals surface area (Å²) in [7, 11) is 0. The van der Waals surface area contributed by atoms with Crippen molar-refractivity contribution in [2.45, 2.75) is 0 Å². The van der Waals surface area contributed by atoms with Gasteiger partial charge in [0.2, 0.25) is 0 Å². The van der Waals surface area contributed by atoms with Gasteiger partial charge in [-0.3, -0.25) is 4.98 Å². The van der Waals surface area contributed by atoms with Gasteiger partial charge in [0.05, 0.1) is 27.6 Å². The van der Waals surface area contributed by atoms with Gasteiger partial charge in [-0.2, -0.15) is 0 Å². The molecular weight excluding hydrogens is 510 g/mol. The molecule has 0 unspecified atom stereocenters. The van der Waals surface area contributed by atoms with Crippen LogP contribution in [0.3, 0.4) is 0 Å². The Bertz CT molecular complexity index is 2460. The Morgan fingerprint density at radius 3 is 1.98 bits per heavy atom. The molecule has 3 heteroatoms. The Balaban J connectivity index is 1.34. The highest BCUT2D eigenvalue weighted by atomic mass is 15.0. The van der Waals surface area contributed by atoms with E-state index < -0.39 is 0 Å². The van der Waals surface area contributed by atoms with Gasteiger partial charge in [0, 0.05) is 39.3 Å². The van der Waals surface area contributed by atoms with E-state index >= 15 is 0 Å². The van der Waals surface area contributed by atoms with Crippen LogP contribution < -0.4 is 0 Å². The van der Waals surface area contributed by atoms with Gasteiger partial charge in [0.15, 0.2) is 0 Å². The van der Waals surface area contributed by atoms with E-state index in [0.29, 0.717) is 0 Å². The molecule has 9 aromatic rings. The first-order valence-corrected chi connectivity index (χ1v) is 14.3. The number of para-hydroxylation sites is 3. The van der Waals surface area contributed by atoms with E-state index in [4.69, 9.17) is 4.98 Å². The van der Waals surface area contributed by atoms with Crippen LogP contribution in [0, 0.1) is 0 Å². The molecule has 0 aliphatic carbocycles. The molecule has 42 heavy (non-hydrogen) atoms. The second-order valence-corrected chi connectivity index (χ2v) is 10.9. The zero-order chi connectivity index (χ0) is 27.6. The maximum Gasteiger partial charge on any atom is 0.0969 e. The molecule has 0 spiro atoms. The summed E-state index contributed by atoms with van der Waals surface area (Å²) in [4.78, 5) is 4.90. The third-order valence-electron chi connectivity index (χ3n) is 8.54. The van der Waals surface area contributed by atoms with Gasteiger partial charge in [-0.25, -0.2) is 0 Å². The quantitative estimate of drug-likeness (QED) is 0.221. The van der Waals surface area contributed by atoms with Crippen molar-refractivity contribution in [1.29, 1.82) is 0 Å². The van der Waals surface area contributed by atoms with Gasteiger partial charge in [-0.15, -0.1) is 0 Å². The van der Waals surface area contributed by atoms with Crippen molar-refractivity contribution >= 4 is 54.5 Å². The van der Waals surface area contributed by atoms with Crippen LogP contribution in [-0.2, 0) is 0 Å². The lowest BCUT2D eigenvalue weighted by molar-refractivity contribution is 1.18. The molecule has 0 fully saturated rings. The van der Waals surface area contributed by atoms with Crippen LogP contribution in [0.5, 0.6) is 0 Å². The summed E-state index contributed by atoms with van der Waals surface area (Å²) < 4.78 is 4.75. The molecule has 9 rings (SSSR count). The average molecular weight is 536 g/mol. The number of hydrogen-bond donors (Lipinski definition) is 0. The monoisotopic (exact) mass is 535 g/mol. The van der Waals surface area contributed by atoms with Crippen molar-refractivity contribution in [2.75, 3.05) is 0 Å². The van der Waals surface area contributed by atoms with Crippen LogP contribution >= 0.6 is 0 Å². The molecule has 0 aliphatic heterocycles. The van der Waals surface area contributed by atoms with Crippen molar-refractivity contribution in [3.8, 4) is 22.5 Å². The highest BCUT2D eigenvalue weighted by Crippen LogP contribution is 2.40. The smallest absolute Gasteiger partial charge is 0.0969 e. The summed E-state index contributed by atoms with van der Waals surface area (Å²) in [5.41, 5.74) is 10.4. The van der Waals surface area contributed by atoms with Gasteiger partial charge in [-0.05, 0) is 70.9 Å². The highest BCUT2D eigenvalue weighted by molar-refractivity contribution is 6.14. The summed E-state index contributed by atoms with van der Waals surface area (Å²) >= 11 is 0. The second-order valence-electron chi connectivity index (χ2n) is 10.9. The topological polar surface area (TPSA) is 22.8 Å². The van der Waals surface area contributed by atoms with Gasteiger partial charge >= 0.3 is 0 Å². The standard InChI is InChI=1S/C39H25N3/c1-2-12-29(13-3-1)42-36-17-9-7-15-33(36)38-39(42)31(22-23-40-38)28-19-21-37-34(25-28)32-14-6-8-16-35(32)41(37)30-20-18-26-10-4-5-11-27(26)24-30/h1-25H. The summed E-state index contributed by atoms with van der Waals surface area (Å²) in [5, 5.41) is 6.14. The van der Waals surface area contributed by atoms with Crippen molar-refractivity contribution in [3.05, 3.63) is 152 Å². The zero-order valence-corrected chi connectivity index (χ0v) is 22.8. The summed E-state index contributed by atoms with van der Waals surface area (Å²) in [5.74, 6) is 0. The maximum absolute atomic E-state index is 4.90. The lowest BCUT2D eigenvalue weighted by Crippen LogP contribution is -1.96. The lowest BCUT2D eigenvalue weighted by atomic mass is 10.0. The largest absolute Gasteiger partial charge is 0.309 e. The van der Waals surface area contributed by atoms with Crippen LogP contribution in [0.15, 0.2) is 152 Å². The summed E-state index contributed by atoms with van der Waals surface area (Å²) in [6.45, 7) is 0. The van der Waals surface area contributed by atoms with E-state index in [0.717, 1.165) is 27.6 Å². The van der Waals surface area contributed by atoms with Crippen molar-refractivity contribution in [1.82, 2.24) is 14.1 Å². The van der Waals surface area contributed by atoms with E-state index in [1.54, 1.807) is 0 Å². The molecule has 0 saturated carbocycles. The molecule has 0 saturated heterocycles. The Hall–Kier alpha value is -5.67. The predicted octanol–water partition coefficient (Wildman–Crippen LogP) is 10.1. The Labute approximate surface area is 242 Å². The van der Waals surface area contributed by atoms with Crippen molar-refractivity contribution in [2.24, 2.45) is 0 Å². The minimum atomic E-state index is 1.02. The molecular formula is C39H25N3. The molecule has 0 amide bonds. The number of nitrogens with zero attached hydrogens (tertiary/aromatic N) is 3. The number of fused-ring (bicyclic) bond motifs is 7.